The van der Waals surface area contributed by atoms with E-state index in [2.05, 4.69) is 15.6 Å². The molecule has 0 aliphatic carbocycles. The van der Waals surface area contributed by atoms with Gasteiger partial charge >= 0.3 is 6.18 Å². The smallest absolute Gasteiger partial charge is 0.322 e. The average molecular weight is 440 g/mol. The Kier molecular flexibility index (Phi) is 5.90. The second-order valence-electron chi connectivity index (χ2n) is 5.92. The van der Waals surface area contributed by atoms with E-state index in [0.29, 0.717) is 5.00 Å². The highest BCUT2D eigenvalue weighted by molar-refractivity contribution is 7.15. The zero-order chi connectivity index (χ0) is 21.2. The summed E-state index contributed by atoms with van der Waals surface area (Å²) in [6.07, 6.45) is -3.05. The van der Waals surface area contributed by atoms with Crippen LogP contribution >= 0.6 is 22.9 Å². The van der Waals surface area contributed by atoms with E-state index in [1.165, 1.54) is 41.8 Å². The maximum absolute atomic E-state index is 12.8. The van der Waals surface area contributed by atoms with Gasteiger partial charge in [0, 0.05) is 11.3 Å². The maximum Gasteiger partial charge on any atom is 0.416 e. The monoisotopic (exact) mass is 439 g/mol. The second-order valence-corrected chi connectivity index (χ2v) is 7.57. The predicted molar refractivity (Wildman–Crippen MR) is 106 cm³/mol. The molecule has 0 aliphatic rings. The number of aromatic nitrogens is 1. The van der Waals surface area contributed by atoms with Crippen molar-refractivity contribution < 1.29 is 22.8 Å². The van der Waals surface area contributed by atoms with Gasteiger partial charge in [0.15, 0.2) is 0 Å². The second kappa shape index (κ2) is 8.22. The number of amides is 2. The first kappa shape index (κ1) is 20.8. The van der Waals surface area contributed by atoms with Gasteiger partial charge in [0.2, 0.25) is 0 Å². The number of halogens is 4. The minimum Gasteiger partial charge on any atom is -0.322 e. The van der Waals surface area contributed by atoms with Crippen LogP contribution in [0.4, 0.5) is 23.9 Å². The first-order valence-corrected chi connectivity index (χ1v) is 9.35. The fourth-order valence-corrected chi connectivity index (χ4v) is 3.29. The Morgan fingerprint density at radius 3 is 2.48 bits per heavy atom. The Hall–Kier alpha value is -2.91. The van der Waals surface area contributed by atoms with Crippen LogP contribution in [0, 0.1) is 6.92 Å². The molecule has 0 spiro atoms. The maximum atomic E-state index is 12.8. The Morgan fingerprint density at radius 2 is 1.83 bits per heavy atom. The molecular weight excluding hydrogens is 427 g/mol. The highest BCUT2D eigenvalue weighted by Gasteiger charge is 2.30. The van der Waals surface area contributed by atoms with E-state index >= 15 is 0 Å². The van der Waals surface area contributed by atoms with E-state index in [9.17, 15) is 22.8 Å². The number of rotatable bonds is 4. The van der Waals surface area contributed by atoms with Crippen molar-refractivity contribution in [3.05, 3.63) is 75.4 Å². The van der Waals surface area contributed by atoms with Crippen molar-refractivity contribution in [2.24, 2.45) is 0 Å². The molecule has 3 rings (SSSR count). The van der Waals surface area contributed by atoms with Gasteiger partial charge in [0.05, 0.1) is 27.4 Å². The highest BCUT2D eigenvalue weighted by Crippen LogP contribution is 2.30. The Bertz CT molecular complexity index is 1080. The molecule has 0 unspecified atom stereocenters. The normalized spacial score (nSPS) is 11.2. The third kappa shape index (κ3) is 5.12. The molecule has 0 saturated heterocycles. The Morgan fingerprint density at radius 1 is 1.07 bits per heavy atom. The van der Waals surface area contributed by atoms with Crippen molar-refractivity contribution >= 4 is 45.4 Å². The van der Waals surface area contributed by atoms with Crippen LogP contribution in [0.25, 0.3) is 0 Å². The molecule has 0 bridgehead atoms. The number of benzene rings is 2. The van der Waals surface area contributed by atoms with Gasteiger partial charge in [-0.2, -0.15) is 13.2 Å². The fraction of sp³-hybridized carbons (Fsp3) is 0.105. The minimum absolute atomic E-state index is 0.0968. The van der Waals surface area contributed by atoms with Gasteiger partial charge in [-0.25, -0.2) is 4.98 Å². The lowest BCUT2D eigenvalue weighted by Crippen LogP contribution is -2.15. The Labute approximate surface area is 172 Å². The SMILES string of the molecule is Cc1ncc(NC(=O)c2cc(NC(=O)c3cccc(C(F)(F)F)c3)ccc2Cl)s1. The van der Waals surface area contributed by atoms with E-state index in [-0.39, 0.29) is 21.8 Å². The molecule has 29 heavy (non-hydrogen) atoms. The Balaban J connectivity index is 1.79. The van der Waals surface area contributed by atoms with Gasteiger partial charge in [-0.05, 0) is 43.3 Å². The van der Waals surface area contributed by atoms with Gasteiger partial charge in [0.25, 0.3) is 11.8 Å². The van der Waals surface area contributed by atoms with Crippen molar-refractivity contribution in [3.8, 4) is 0 Å². The number of hydrogen-bond acceptors (Lipinski definition) is 4. The summed E-state index contributed by atoms with van der Waals surface area (Å²) in [6.45, 7) is 1.79. The summed E-state index contributed by atoms with van der Waals surface area (Å²) < 4.78 is 38.5. The first-order valence-electron chi connectivity index (χ1n) is 8.15. The topological polar surface area (TPSA) is 71.1 Å². The van der Waals surface area contributed by atoms with Gasteiger partial charge < -0.3 is 10.6 Å². The molecule has 10 heteroatoms. The van der Waals surface area contributed by atoms with Crippen molar-refractivity contribution in [3.63, 3.8) is 0 Å². The number of hydrogen-bond donors (Lipinski definition) is 2. The van der Waals surface area contributed by atoms with Crippen LogP contribution in [-0.4, -0.2) is 16.8 Å². The van der Waals surface area contributed by atoms with E-state index in [1.54, 1.807) is 6.92 Å². The lowest BCUT2D eigenvalue weighted by atomic mass is 10.1. The summed E-state index contributed by atoms with van der Waals surface area (Å²) in [4.78, 5) is 28.8. The van der Waals surface area contributed by atoms with E-state index in [1.807, 2.05) is 0 Å². The van der Waals surface area contributed by atoms with Gasteiger partial charge in [-0.15, -0.1) is 11.3 Å². The van der Waals surface area contributed by atoms with Crippen LogP contribution in [0.1, 0.15) is 31.3 Å². The number of nitrogens with zero attached hydrogens (tertiary/aromatic N) is 1. The third-order valence-electron chi connectivity index (χ3n) is 3.78. The molecule has 5 nitrogen and oxygen atoms in total. The van der Waals surface area contributed by atoms with E-state index in [4.69, 9.17) is 11.6 Å². The lowest BCUT2D eigenvalue weighted by Gasteiger charge is -2.11. The van der Waals surface area contributed by atoms with Crippen LogP contribution in [-0.2, 0) is 6.18 Å². The summed E-state index contributed by atoms with van der Waals surface area (Å²) in [5.41, 5.74) is -0.788. The van der Waals surface area contributed by atoms with Crippen LogP contribution in [0.2, 0.25) is 5.02 Å². The minimum atomic E-state index is -4.56. The molecule has 0 radical (unpaired) electrons. The average Bonchev–Trinajstić information content (AvgIpc) is 3.07. The zero-order valence-electron chi connectivity index (χ0n) is 14.8. The van der Waals surface area contributed by atoms with Crippen LogP contribution in [0.5, 0.6) is 0 Å². The molecule has 1 heterocycles. The van der Waals surface area contributed by atoms with E-state index in [0.717, 1.165) is 23.2 Å². The standard InChI is InChI=1S/C19H13ClF3N3O2S/c1-10-24-9-16(29-10)26-18(28)14-8-13(5-6-15(14)20)25-17(27)11-3-2-4-12(7-11)19(21,22)23/h2-9H,1H3,(H,25,27)(H,26,28). The van der Waals surface area contributed by atoms with Crippen LogP contribution in [0.15, 0.2) is 48.7 Å². The molecule has 0 saturated carbocycles. The summed E-state index contributed by atoms with van der Waals surface area (Å²) in [6, 6.07) is 8.25. The van der Waals surface area contributed by atoms with Gasteiger partial charge in [-0.1, -0.05) is 17.7 Å². The van der Waals surface area contributed by atoms with Crippen molar-refractivity contribution in [2.75, 3.05) is 10.6 Å². The number of thiazole rings is 1. The third-order valence-corrected chi connectivity index (χ3v) is 4.94. The number of aryl methyl sites for hydroxylation is 1. The highest BCUT2D eigenvalue weighted by atomic mass is 35.5. The molecule has 0 fully saturated rings. The number of carbonyl (C=O) groups excluding carboxylic acids is 2. The zero-order valence-corrected chi connectivity index (χ0v) is 16.4. The predicted octanol–water partition coefficient (Wildman–Crippen LogP) is 5.63. The molecule has 1 aromatic heterocycles. The van der Waals surface area contributed by atoms with Gasteiger partial charge in [-0.3, -0.25) is 9.59 Å². The fourth-order valence-electron chi connectivity index (χ4n) is 2.42. The molecule has 2 aromatic carbocycles. The molecule has 150 valence electrons. The summed E-state index contributed by atoms with van der Waals surface area (Å²) >= 11 is 7.36. The summed E-state index contributed by atoms with van der Waals surface area (Å²) in [5.74, 6) is -1.25. The number of nitrogens with one attached hydrogen (secondary N) is 2. The van der Waals surface area contributed by atoms with Crippen molar-refractivity contribution in [1.29, 1.82) is 0 Å². The van der Waals surface area contributed by atoms with Crippen molar-refractivity contribution in [1.82, 2.24) is 4.98 Å². The molecule has 2 amide bonds. The van der Waals surface area contributed by atoms with Crippen LogP contribution < -0.4 is 10.6 Å². The molecule has 0 aliphatic heterocycles. The number of carbonyl (C=O) groups is 2. The quantitative estimate of drug-likeness (QED) is 0.553. The molecule has 0 atom stereocenters. The number of anilines is 2. The number of alkyl halides is 3. The summed E-state index contributed by atoms with van der Waals surface area (Å²) in [7, 11) is 0. The summed E-state index contributed by atoms with van der Waals surface area (Å²) in [5, 5.41) is 6.58. The van der Waals surface area contributed by atoms with Crippen LogP contribution in [0.3, 0.4) is 0 Å². The first-order chi connectivity index (χ1) is 13.6. The molecule has 2 N–H and O–H groups in total. The largest absolute Gasteiger partial charge is 0.416 e. The lowest BCUT2D eigenvalue weighted by molar-refractivity contribution is -0.137. The van der Waals surface area contributed by atoms with E-state index < -0.39 is 23.6 Å². The molecular formula is C19H13ClF3N3O2S. The van der Waals surface area contributed by atoms with Crippen molar-refractivity contribution in [2.45, 2.75) is 13.1 Å². The molecule has 3 aromatic rings. The van der Waals surface area contributed by atoms with Gasteiger partial charge in [0.1, 0.15) is 5.00 Å².